The van der Waals surface area contributed by atoms with Gasteiger partial charge in [-0.15, -0.1) is 0 Å². The number of rotatable bonds is 4. The van der Waals surface area contributed by atoms with E-state index in [-0.39, 0.29) is 23.1 Å². The van der Waals surface area contributed by atoms with E-state index < -0.39 is 16.1 Å². The average molecular weight is 297 g/mol. The van der Waals surface area contributed by atoms with Crippen LogP contribution in [0.1, 0.15) is 12.0 Å². The van der Waals surface area contributed by atoms with Crippen molar-refractivity contribution in [3.05, 3.63) is 29.8 Å². The van der Waals surface area contributed by atoms with Gasteiger partial charge in [-0.05, 0) is 17.7 Å². The Morgan fingerprint density at radius 3 is 2.35 bits per heavy atom. The second kappa shape index (κ2) is 5.31. The van der Waals surface area contributed by atoms with E-state index >= 15 is 0 Å². The van der Waals surface area contributed by atoms with E-state index in [9.17, 15) is 18.0 Å². The highest BCUT2D eigenvalue weighted by molar-refractivity contribution is 7.89. The van der Waals surface area contributed by atoms with Crippen molar-refractivity contribution in [2.24, 2.45) is 5.14 Å². The molecule has 108 valence electrons. The molecule has 1 aliphatic rings. The van der Waals surface area contributed by atoms with Crippen LogP contribution in [0.15, 0.2) is 29.2 Å². The molecule has 1 fully saturated rings. The van der Waals surface area contributed by atoms with Gasteiger partial charge in [0.1, 0.15) is 0 Å². The quantitative estimate of drug-likeness (QED) is 0.706. The molecular formula is C12H15N3O4S. The van der Waals surface area contributed by atoms with Gasteiger partial charge in [0, 0.05) is 13.6 Å². The van der Waals surface area contributed by atoms with Crippen molar-refractivity contribution in [3.63, 3.8) is 0 Å². The molecule has 0 aliphatic carbocycles. The number of hydrogen-bond donors (Lipinski definition) is 2. The molecule has 0 unspecified atom stereocenters. The second-order valence-corrected chi connectivity index (χ2v) is 6.18. The summed E-state index contributed by atoms with van der Waals surface area (Å²) in [5, 5.41) is 7.97. The second-order valence-electron chi connectivity index (χ2n) is 4.62. The molecule has 0 aromatic heterocycles. The molecule has 3 N–H and O–H groups in total. The highest BCUT2D eigenvalue weighted by Crippen LogP contribution is 2.12. The fourth-order valence-electron chi connectivity index (χ4n) is 1.95. The summed E-state index contributed by atoms with van der Waals surface area (Å²) in [7, 11) is -2.25. The Balaban J connectivity index is 1.99. The van der Waals surface area contributed by atoms with Crippen LogP contribution >= 0.6 is 0 Å². The van der Waals surface area contributed by atoms with Crippen LogP contribution in [-0.4, -0.2) is 38.2 Å². The van der Waals surface area contributed by atoms with E-state index in [1.807, 2.05) is 0 Å². The lowest BCUT2D eigenvalue weighted by Gasteiger charge is -2.11. The molecule has 1 saturated heterocycles. The van der Waals surface area contributed by atoms with Crippen LogP contribution in [-0.2, 0) is 26.2 Å². The maximum absolute atomic E-state index is 11.7. The summed E-state index contributed by atoms with van der Waals surface area (Å²) in [5.74, 6) is -0.465. The number of sulfonamides is 1. The molecule has 1 aromatic rings. The van der Waals surface area contributed by atoms with Gasteiger partial charge in [-0.25, -0.2) is 13.6 Å². The largest absolute Gasteiger partial charge is 0.301 e. The first-order valence-electron chi connectivity index (χ1n) is 5.94. The van der Waals surface area contributed by atoms with E-state index in [4.69, 9.17) is 5.14 Å². The number of nitrogens with two attached hydrogens (primary N) is 1. The zero-order valence-corrected chi connectivity index (χ0v) is 11.7. The number of hydrogen-bond acceptors (Lipinski definition) is 5. The Labute approximate surface area is 116 Å². The normalized spacial score (nSPS) is 19.7. The highest BCUT2D eigenvalue weighted by Gasteiger charge is 2.35. The van der Waals surface area contributed by atoms with Gasteiger partial charge in [0.25, 0.3) is 0 Å². The smallest absolute Gasteiger partial charge is 0.246 e. The van der Waals surface area contributed by atoms with Crippen LogP contribution in [0.2, 0.25) is 0 Å². The Morgan fingerprint density at radius 1 is 1.30 bits per heavy atom. The van der Waals surface area contributed by atoms with Crippen LogP contribution in [0.3, 0.4) is 0 Å². The van der Waals surface area contributed by atoms with Crippen molar-refractivity contribution in [2.75, 3.05) is 7.05 Å². The zero-order chi connectivity index (χ0) is 14.9. The van der Waals surface area contributed by atoms with Crippen molar-refractivity contribution in [1.29, 1.82) is 0 Å². The predicted octanol–water partition coefficient (Wildman–Crippen LogP) is -0.819. The van der Waals surface area contributed by atoms with Crippen LogP contribution in [0.5, 0.6) is 0 Å². The molecule has 7 nitrogen and oxygen atoms in total. The third-order valence-corrected chi connectivity index (χ3v) is 4.12. The van der Waals surface area contributed by atoms with Crippen molar-refractivity contribution in [2.45, 2.75) is 23.9 Å². The maximum Gasteiger partial charge on any atom is 0.246 e. The minimum Gasteiger partial charge on any atom is -0.301 e. The molecule has 0 radical (unpaired) electrons. The lowest BCUT2D eigenvalue weighted by atomic mass is 10.2. The summed E-state index contributed by atoms with van der Waals surface area (Å²) in [6, 6.07) is 5.50. The third-order valence-electron chi connectivity index (χ3n) is 3.19. The van der Waals surface area contributed by atoms with Gasteiger partial charge in [-0.1, -0.05) is 12.1 Å². The van der Waals surface area contributed by atoms with Crippen molar-refractivity contribution >= 4 is 21.8 Å². The van der Waals surface area contributed by atoms with Crippen LogP contribution in [0.25, 0.3) is 0 Å². The molecule has 1 aliphatic heterocycles. The topological polar surface area (TPSA) is 110 Å². The summed E-state index contributed by atoms with van der Waals surface area (Å²) in [6.07, 6.45) is 0.143. The predicted molar refractivity (Wildman–Crippen MR) is 70.8 cm³/mol. The molecular weight excluding hydrogens is 282 g/mol. The number of carbonyl (C=O) groups excluding carboxylic acids is 2. The van der Waals surface area contributed by atoms with E-state index in [1.54, 1.807) is 12.1 Å². The fraction of sp³-hybridized carbons (Fsp3) is 0.333. The maximum atomic E-state index is 11.7. The molecule has 2 amide bonds. The number of primary sulfonamides is 1. The Bertz CT molecular complexity index is 639. The van der Waals surface area contributed by atoms with Gasteiger partial charge >= 0.3 is 0 Å². The van der Waals surface area contributed by atoms with E-state index in [0.717, 1.165) is 10.5 Å². The summed E-state index contributed by atoms with van der Waals surface area (Å²) >= 11 is 0. The molecule has 20 heavy (non-hydrogen) atoms. The number of benzene rings is 1. The van der Waals surface area contributed by atoms with Gasteiger partial charge in [-0.3, -0.25) is 14.5 Å². The molecule has 8 heteroatoms. The SMILES string of the molecule is CN1C(=O)C[C@@H](NCc2ccc(S(N)(=O)=O)cc2)C1=O. The van der Waals surface area contributed by atoms with Crippen molar-refractivity contribution in [3.8, 4) is 0 Å². The first-order valence-corrected chi connectivity index (χ1v) is 7.49. The third kappa shape index (κ3) is 3.03. The standard InChI is InChI=1S/C12H15N3O4S/c1-15-11(16)6-10(12(15)17)14-7-8-2-4-9(5-3-8)20(13,18)19/h2-5,10,14H,6-7H2,1H3,(H2,13,18,19)/t10-/m1/s1. The fourth-order valence-corrected chi connectivity index (χ4v) is 2.47. The molecule has 1 aromatic carbocycles. The number of imide groups is 1. The Hall–Kier alpha value is -1.77. The number of nitrogens with one attached hydrogen (secondary N) is 1. The van der Waals surface area contributed by atoms with Gasteiger partial charge in [0.2, 0.25) is 21.8 Å². The van der Waals surface area contributed by atoms with Gasteiger partial charge in [0.05, 0.1) is 17.4 Å². The van der Waals surface area contributed by atoms with Crippen LogP contribution < -0.4 is 10.5 Å². The summed E-state index contributed by atoms with van der Waals surface area (Å²) in [6.45, 7) is 0.364. The minimum absolute atomic E-state index is 0.0353. The number of nitrogens with zero attached hydrogens (tertiary/aromatic N) is 1. The first kappa shape index (κ1) is 14.6. The van der Waals surface area contributed by atoms with Gasteiger partial charge in [-0.2, -0.15) is 0 Å². The molecule has 0 saturated carbocycles. The van der Waals surface area contributed by atoms with E-state index in [1.165, 1.54) is 19.2 Å². The number of amides is 2. The number of carbonyl (C=O) groups is 2. The molecule has 0 bridgehead atoms. The lowest BCUT2D eigenvalue weighted by molar-refractivity contribution is -0.137. The molecule has 1 heterocycles. The first-order chi connectivity index (χ1) is 9.29. The van der Waals surface area contributed by atoms with Gasteiger partial charge < -0.3 is 5.32 Å². The van der Waals surface area contributed by atoms with Gasteiger partial charge in [0.15, 0.2) is 0 Å². The highest BCUT2D eigenvalue weighted by atomic mass is 32.2. The monoisotopic (exact) mass is 297 g/mol. The zero-order valence-electron chi connectivity index (χ0n) is 10.9. The van der Waals surface area contributed by atoms with E-state index in [0.29, 0.717) is 6.54 Å². The Morgan fingerprint density at radius 2 is 1.90 bits per heavy atom. The number of likely N-dealkylation sites (tertiary alicyclic amines) is 1. The molecule has 1 atom stereocenters. The summed E-state index contributed by atoms with van der Waals surface area (Å²) in [4.78, 5) is 24.1. The lowest BCUT2D eigenvalue weighted by Crippen LogP contribution is -2.36. The summed E-state index contributed by atoms with van der Waals surface area (Å²) in [5.41, 5.74) is 0.798. The van der Waals surface area contributed by atoms with Crippen LogP contribution in [0, 0.1) is 0 Å². The molecule has 2 rings (SSSR count). The average Bonchev–Trinajstić information content (AvgIpc) is 2.63. The Kier molecular flexibility index (Phi) is 3.89. The minimum atomic E-state index is -3.70. The van der Waals surface area contributed by atoms with Crippen LogP contribution in [0.4, 0.5) is 0 Å². The van der Waals surface area contributed by atoms with E-state index in [2.05, 4.69) is 5.32 Å². The van der Waals surface area contributed by atoms with Crippen molar-refractivity contribution < 1.29 is 18.0 Å². The van der Waals surface area contributed by atoms with Crippen molar-refractivity contribution in [1.82, 2.24) is 10.2 Å². The number of likely N-dealkylation sites (N-methyl/N-ethyl adjacent to an activating group) is 1. The summed E-state index contributed by atoms with van der Waals surface area (Å²) < 4.78 is 22.2. The molecule has 0 spiro atoms.